The number of rotatable bonds is 3. The van der Waals surface area contributed by atoms with E-state index in [1.54, 1.807) is 0 Å². The summed E-state index contributed by atoms with van der Waals surface area (Å²) in [6, 6.07) is 0. The molecule has 0 amide bonds. The van der Waals surface area contributed by atoms with Crippen LogP contribution in [-0.4, -0.2) is 22.2 Å². The average molecular weight is 264 g/mol. The van der Waals surface area contributed by atoms with E-state index in [0.717, 1.165) is 18.3 Å². The summed E-state index contributed by atoms with van der Waals surface area (Å²) in [4.78, 5) is 22.6. The Morgan fingerprint density at radius 2 is 1.58 bits per heavy atom. The number of carboxylic acid groups (broad SMARTS) is 2. The Labute approximate surface area is 112 Å². The third kappa shape index (κ3) is 1.40. The standard InChI is InChI=1S/C15H20O4/c16-11(17)5-9-8-4-10(14(9)15(18)19)13-7-2-1-6(3-7)12(8)13/h6-10,12-14H,1-5H2,(H,16,17)(H,18,19). The molecule has 0 aromatic heterocycles. The van der Waals surface area contributed by atoms with Gasteiger partial charge in [-0.1, -0.05) is 0 Å². The van der Waals surface area contributed by atoms with Crippen molar-refractivity contribution in [2.24, 2.45) is 47.3 Å². The van der Waals surface area contributed by atoms with E-state index in [1.165, 1.54) is 19.3 Å². The van der Waals surface area contributed by atoms with Crippen LogP contribution in [0.2, 0.25) is 0 Å². The Hall–Kier alpha value is -1.06. The molecule has 0 radical (unpaired) electrons. The molecule has 4 saturated carbocycles. The van der Waals surface area contributed by atoms with Crippen LogP contribution < -0.4 is 0 Å². The highest BCUT2D eigenvalue weighted by Crippen LogP contribution is 2.70. The second kappa shape index (κ2) is 3.74. The van der Waals surface area contributed by atoms with Crippen LogP contribution in [0.5, 0.6) is 0 Å². The van der Waals surface area contributed by atoms with Gasteiger partial charge in [-0.05, 0) is 67.1 Å². The number of aliphatic carboxylic acids is 2. The highest BCUT2D eigenvalue weighted by molar-refractivity contribution is 5.74. The Morgan fingerprint density at radius 1 is 0.947 bits per heavy atom. The van der Waals surface area contributed by atoms with E-state index in [1.807, 2.05) is 0 Å². The number of carboxylic acids is 2. The van der Waals surface area contributed by atoms with Crippen molar-refractivity contribution < 1.29 is 19.8 Å². The van der Waals surface area contributed by atoms with Gasteiger partial charge in [0.15, 0.2) is 0 Å². The van der Waals surface area contributed by atoms with Gasteiger partial charge in [0.05, 0.1) is 5.92 Å². The van der Waals surface area contributed by atoms with Gasteiger partial charge in [0.2, 0.25) is 0 Å². The van der Waals surface area contributed by atoms with Crippen molar-refractivity contribution in [3.8, 4) is 0 Å². The molecule has 0 heterocycles. The highest BCUT2D eigenvalue weighted by Gasteiger charge is 2.67. The molecule has 8 unspecified atom stereocenters. The summed E-state index contributed by atoms with van der Waals surface area (Å²) < 4.78 is 0. The predicted octanol–water partition coefficient (Wildman–Crippen LogP) is 2.09. The lowest BCUT2D eigenvalue weighted by Gasteiger charge is -2.41. The quantitative estimate of drug-likeness (QED) is 0.765. The van der Waals surface area contributed by atoms with Gasteiger partial charge in [-0.3, -0.25) is 9.59 Å². The maximum absolute atomic E-state index is 11.6. The Morgan fingerprint density at radius 3 is 2.16 bits per heavy atom. The molecule has 4 bridgehead atoms. The zero-order valence-electron chi connectivity index (χ0n) is 10.9. The molecule has 8 atom stereocenters. The fraction of sp³-hybridized carbons (Fsp3) is 0.867. The van der Waals surface area contributed by atoms with Crippen LogP contribution in [0.4, 0.5) is 0 Å². The minimum Gasteiger partial charge on any atom is -0.481 e. The third-order valence-electron chi connectivity index (χ3n) is 6.75. The molecule has 4 nitrogen and oxygen atoms in total. The van der Waals surface area contributed by atoms with E-state index in [-0.39, 0.29) is 24.2 Å². The van der Waals surface area contributed by atoms with Crippen molar-refractivity contribution in [2.45, 2.75) is 32.1 Å². The summed E-state index contributed by atoms with van der Waals surface area (Å²) in [6.07, 6.45) is 4.90. The largest absolute Gasteiger partial charge is 0.481 e. The molecular weight excluding hydrogens is 244 g/mol. The van der Waals surface area contributed by atoms with Gasteiger partial charge in [0.25, 0.3) is 0 Å². The lowest BCUT2D eigenvalue weighted by atomic mass is 9.62. The molecule has 4 rings (SSSR count). The Kier molecular flexibility index (Phi) is 2.31. The molecule has 4 aliphatic rings. The molecule has 0 aromatic carbocycles. The summed E-state index contributed by atoms with van der Waals surface area (Å²) in [7, 11) is 0. The highest BCUT2D eigenvalue weighted by atomic mass is 16.4. The van der Waals surface area contributed by atoms with Gasteiger partial charge < -0.3 is 10.2 Å². The molecule has 2 N–H and O–H groups in total. The number of fused-ring (bicyclic) bond motifs is 9. The first kappa shape index (κ1) is 11.7. The van der Waals surface area contributed by atoms with Crippen molar-refractivity contribution in [3.05, 3.63) is 0 Å². The van der Waals surface area contributed by atoms with Gasteiger partial charge in [-0.2, -0.15) is 0 Å². The first-order valence-electron chi connectivity index (χ1n) is 7.52. The van der Waals surface area contributed by atoms with E-state index < -0.39 is 11.9 Å². The average Bonchev–Trinajstić information content (AvgIpc) is 3.04. The fourth-order valence-corrected chi connectivity index (χ4v) is 6.56. The topological polar surface area (TPSA) is 74.6 Å². The Bertz CT molecular complexity index is 445. The lowest BCUT2D eigenvalue weighted by Crippen LogP contribution is -2.42. The van der Waals surface area contributed by atoms with Crippen molar-refractivity contribution in [1.82, 2.24) is 0 Å². The second-order valence-electron chi connectivity index (χ2n) is 7.18. The molecule has 4 heteroatoms. The van der Waals surface area contributed by atoms with E-state index in [2.05, 4.69) is 0 Å². The van der Waals surface area contributed by atoms with E-state index in [0.29, 0.717) is 17.8 Å². The Balaban J connectivity index is 1.67. The van der Waals surface area contributed by atoms with Crippen molar-refractivity contribution >= 4 is 11.9 Å². The summed E-state index contributed by atoms with van der Waals surface area (Å²) >= 11 is 0. The van der Waals surface area contributed by atoms with Crippen LogP contribution in [0.15, 0.2) is 0 Å². The summed E-state index contributed by atoms with van der Waals surface area (Å²) in [5.74, 6) is 1.35. The van der Waals surface area contributed by atoms with Gasteiger partial charge in [-0.25, -0.2) is 0 Å². The zero-order chi connectivity index (χ0) is 13.3. The molecule has 19 heavy (non-hydrogen) atoms. The van der Waals surface area contributed by atoms with Gasteiger partial charge in [-0.15, -0.1) is 0 Å². The third-order valence-corrected chi connectivity index (χ3v) is 6.75. The number of hydrogen-bond donors (Lipinski definition) is 2. The molecule has 104 valence electrons. The van der Waals surface area contributed by atoms with Crippen LogP contribution in [-0.2, 0) is 9.59 Å². The maximum Gasteiger partial charge on any atom is 0.307 e. The van der Waals surface area contributed by atoms with Crippen LogP contribution in [0, 0.1) is 47.3 Å². The van der Waals surface area contributed by atoms with E-state index in [4.69, 9.17) is 5.11 Å². The van der Waals surface area contributed by atoms with Crippen LogP contribution in [0.25, 0.3) is 0 Å². The summed E-state index contributed by atoms with van der Waals surface area (Å²) in [5.41, 5.74) is 0. The number of hydrogen-bond acceptors (Lipinski definition) is 2. The minimum atomic E-state index is -0.830. The van der Waals surface area contributed by atoms with E-state index in [9.17, 15) is 14.7 Å². The van der Waals surface area contributed by atoms with Gasteiger partial charge in [0.1, 0.15) is 0 Å². The van der Waals surface area contributed by atoms with Crippen LogP contribution in [0.1, 0.15) is 32.1 Å². The summed E-state index contributed by atoms with van der Waals surface area (Å²) in [5, 5.41) is 18.6. The molecule has 4 fully saturated rings. The number of carbonyl (C=O) groups is 2. The van der Waals surface area contributed by atoms with Crippen LogP contribution >= 0.6 is 0 Å². The van der Waals surface area contributed by atoms with Crippen molar-refractivity contribution in [2.75, 3.05) is 0 Å². The van der Waals surface area contributed by atoms with Crippen molar-refractivity contribution in [1.29, 1.82) is 0 Å². The molecule has 0 spiro atoms. The first-order chi connectivity index (χ1) is 9.08. The van der Waals surface area contributed by atoms with Crippen LogP contribution in [0.3, 0.4) is 0 Å². The van der Waals surface area contributed by atoms with Crippen molar-refractivity contribution in [3.63, 3.8) is 0 Å². The molecule has 4 aliphatic carbocycles. The first-order valence-corrected chi connectivity index (χ1v) is 7.52. The minimum absolute atomic E-state index is 0.0543. The monoisotopic (exact) mass is 264 g/mol. The van der Waals surface area contributed by atoms with E-state index >= 15 is 0 Å². The molecule has 0 aliphatic heterocycles. The fourth-order valence-electron chi connectivity index (χ4n) is 6.56. The smallest absolute Gasteiger partial charge is 0.307 e. The molecular formula is C15H20O4. The normalized spacial score (nSPS) is 53.5. The van der Waals surface area contributed by atoms with Gasteiger partial charge >= 0.3 is 11.9 Å². The maximum atomic E-state index is 11.6. The SMILES string of the molecule is O=C(O)CC1C2CC(C1C(=O)O)C1C3CCC(C3)C21. The summed E-state index contributed by atoms with van der Waals surface area (Å²) in [6.45, 7) is 0. The second-order valence-corrected chi connectivity index (χ2v) is 7.18. The molecule has 0 saturated heterocycles. The van der Waals surface area contributed by atoms with Gasteiger partial charge in [0, 0.05) is 6.42 Å². The lowest BCUT2D eigenvalue weighted by molar-refractivity contribution is -0.150. The zero-order valence-corrected chi connectivity index (χ0v) is 10.9. The predicted molar refractivity (Wildman–Crippen MR) is 66.3 cm³/mol. The molecule has 0 aromatic rings.